The van der Waals surface area contributed by atoms with E-state index >= 15 is 0 Å². The molecule has 5 nitrogen and oxygen atoms in total. The lowest BCUT2D eigenvalue weighted by Crippen LogP contribution is -2.30. The Bertz CT molecular complexity index is 384. The van der Waals surface area contributed by atoms with Gasteiger partial charge in [-0.3, -0.25) is 0 Å². The molecule has 2 rings (SSSR count). The number of aromatic nitrogens is 2. The zero-order chi connectivity index (χ0) is 13.2. The Labute approximate surface area is 108 Å². The molecule has 0 radical (unpaired) electrons. The molecular formula is C13H23N3O2. The average Bonchev–Trinajstić information content (AvgIpc) is 2.76. The van der Waals surface area contributed by atoms with Crippen LogP contribution in [0, 0.1) is 5.92 Å². The van der Waals surface area contributed by atoms with E-state index in [-0.39, 0.29) is 0 Å². The fraction of sp³-hybridized carbons (Fsp3) is 0.846. The molecule has 0 saturated heterocycles. The summed E-state index contributed by atoms with van der Waals surface area (Å²) < 4.78 is 11.0. The van der Waals surface area contributed by atoms with Gasteiger partial charge in [0.15, 0.2) is 5.82 Å². The van der Waals surface area contributed by atoms with Crippen LogP contribution in [0.3, 0.4) is 0 Å². The lowest BCUT2D eigenvalue weighted by atomic mass is 9.88. The minimum Gasteiger partial charge on any atom is -0.368 e. The van der Waals surface area contributed by atoms with Gasteiger partial charge in [0, 0.05) is 0 Å². The second kappa shape index (κ2) is 5.36. The highest BCUT2D eigenvalue weighted by atomic mass is 16.5. The highest BCUT2D eigenvalue weighted by Crippen LogP contribution is 2.27. The van der Waals surface area contributed by atoms with Crippen LogP contribution in [0.4, 0.5) is 0 Å². The van der Waals surface area contributed by atoms with Crippen LogP contribution >= 0.6 is 0 Å². The van der Waals surface area contributed by atoms with E-state index in [4.69, 9.17) is 15.0 Å². The summed E-state index contributed by atoms with van der Waals surface area (Å²) in [5.74, 6) is 1.66. The Kier molecular flexibility index (Phi) is 4.02. The van der Waals surface area contributed by atoms with Crippen molar-refractivity contribution in [2.45, 2.75) is 64.7 Å². The van der Waals surface area contributed by atoms with Crippen LogP contribution in [0.5, 0.6) is 0 Å². The van der Waals surface area contributed by atoms with E-state index in [0.717, 1.165) is 6.42 Å². The molecule has 102 valence electrons. The molecule has 1 aliphatic carbocycles. The van der Waals surface area contributed by atoms with Crippen LogP contribution in [-0.2, 0) is 16.9 Å². The summed E-state index contributed by atoms with van der Waals surface area (Å²) in [5, 5.41) is 3.88. The Morgan fingerprint density at radius 1 is 1.39 bits per heavy atom. The van der Waals surface area contributed by atoms with Crippen molar-refractivity contribution in [1.29, 1.82) is 0 Å². The van der Waals surface area contributed by atoms with Gasteiger partial charge in [0.1, 0.15) is 6.61 Å². The molecule has 1 fully saturated rings. The van der Waals surface area contributed by atoms with Gasteiger partial charge in [-0.2, -0.15) is 4.98 Å². The van der Waals surface area contributed by atoms with Crippen LogP contribution in [0.2, 0.25) is 0 Å². The first kappa shape index (κ1) is 13.5. The van der Waals surface area contributed by atoms with E-state index in [9.17, 15) is 0 Å². The molecule has 5 heteroatoms. The van der Waals surface area contributed by atoms with Gasteiger partial charge in [0.25, 0.3) is 5.89 Å². The maximum absolute atomic E-state index is 5.91. The smallest absolute Gasteiger partial charge is 0.252 e. The Morgan fingerprint density at radius 2 is 2.11 bits per heavy atom. The zero-order valence-electron chi connectivity index (χ0n) is 11.5. The van der Waals surface area contributed by atoms with Crippen LogP contribution in [0.25, 0.3) is 0 Å². The minimum absolute atomic E-state index is 0.319. The fourth-order valence-electron chi connectivity index (χ4n) is 2.28. The zero-order valence-corrected chi connectivity index (χ0v) is 11.5. The summed E-state index contributed by atoms with van der Waals surface area (Å²) in [6, 6.07) is 0. The van der Waals surface area contributed by atoms with Crippen molar-refractivity contribution in [2.75, 3.05) is 0 Å². The molecule has 0 amide bonds. The summed E-state index contributed by atoms with van der Waals surface area (Å²) in [5.41, 5.74) is 5.34. The summed E-state index contributed by atoms with van der Waals surface area (Å²) in [4.78, 5) is 4.26. The normalized spacial score (nSPS) is 25.3. The van der Waals surface area contributed by atoms with Crippen molar-refractivity contribution < 1.29 is 9.26 Å². The van der Waals surface area contributed by atoms with Crippen LogP contribution in [-0.4, -0.2) is 16.2 Å². The number of hydrogen-bond acceptors (Lipinski definition) is 5. The van der Waals surface area contributed by atoms with Crippen molar-refractivity contribution >= 4 is 0 Å². The standard InChI is InChI=1S/C13H23N3O2/c1-9-6-4-5-7-10(9)17-8-11-15-12(16-18-11)13(2,3)14/h9-10H,4-8,14H2,1-3H3. The average molecular weight is 253 g/mol. The van der Waals surface area contributed by atoms with Gasteiger partial charge in [-0.1, -0.05) is 24.9 Å². The van der Waals surface area contributed by atoms with Gasteiger partial charge in [-0.05, 0) is 32.6 Å². The van der Waals surface area contributed by atoms with Gasteiger partial charge in [0.2, 0.25) is 0 Å². The minimum atomic E-state index is -0.570. The van der Waals surface area contributed by atoms with E-state index in [1.165, 1.54) is 19.3 Å². The largest absolute Gasteiger partial charge is 0.368 e. The molecule has 1 aromatic rings. The van der Waals surface area contributed by atoms with E-state index in [1.54, 1.807) is 0 Å². The molecule has 18 heavy (non-hydrogen) atoms. The Balaban J connectivity index is 1.88. The fourth-order valence-corrected chi connectivity index (χ4v) is 2.28. The molecule has 1 heterocycles. The third-order valence-corrected chi connectivity index (χ3v) is 3.50. The number of rotatable bonds is 4. The molecule has 2 atom stereocenters. The SMILES string of the molecule is CC1CCCCC1OCc1nc(C(C)(C)N)no1. The van der Waals surface area contributed by atoms with E-state index in [1.807, 2.05) is 13.8 Å². The van der Waals surface area contributed by atoms with Crippen molar-refractivity contribution in [2.24, 2.45) is 11.7 Å². The molecular weight excluding hydrogens is 230 g/mol. The molecule has 2 N–H and O–H groups in total. The van der Waals surface area contributed by atoms with Crippen LogP contribution < -0.4 is 5.73 Å². The number of ether oxygens (including phenoxy) is 1. The third-order valence-electron chi connectivity index (χ3n) is 3.50. The van der Waals surface area contributed by atoms with Gasteiger partial charge in [-0.25, -0.2) is 0 Å². The molecule has 1 aliphatic rings. The van der Waals surface area contributed by atoms with Gasteiger partial charge in [-0.15, -0.1) is 0 Å². The van der Waals surface area contributed by atoms with E-state index < -0.39 is 5.54 Å². The van der Waals surface area contributed by atoms with Crippen molar-refractivity contribution in [3.05, 3.63) is 11.7 Å². The highest BCUT2D eigenvalue weighted by Gasteiger charge is 2.24. The Hall–Kier alpha value is -0.940. The molecule has 0 aromatic carbocycles. The first-order valence-corrected chi connectivity index (χ1v) is 6.70. The first-order valence-electron chi connectivity index (χ1n) is 6.70. The number of nitrogens with zero attached hydrogens (tertiary/aromatic N) is 2. The van der Waals surface area contributed by atoms with E-state index in [2.05, 4.69) is 17.1 Å². The first-order chi connectivity index (χ1) is 8.47. The highest BCUT2D eigenvalue weighted by molar-refractivity contribution is 4.98. The van der Waals surface area contributed by atoms with Crippen molar-refractivity contribution in [1.82, 2.24) is 10.1 Å². The Morgan fingerprint density at radius 3 is 2.72 bits per heavy atom. The molecule has 1 aromatic heterocycles. The summed E-state index contributed by atoms with van der Waals surface area (Å²) in [6.45, 7) is 6.33. The third kappa shape index (κ3) is 3.29. The quantitative estimate of drug-likeness (QED) is 0.891. The maximum Gasteiger partial charge on any atom is 0.252 e. The topological polar surface area (TPSA) is 74.2 Å². The monoisotopic (exact) mass is 253 g/mol. The van der Waals surface area contributed by atoms with Gasteiger partial charge in [0.05, 0.1) is 11.6 Å². The van der Waals surface area contributed by atoms with Crippen molar-refractivity contribution in [3.8, 4) is 0 Å². The maximum atomic E-state index is 5.91. The summed E-state index contributed by atoms with van der Waals surface area (Å²) in [7, 11) is 0. The summed E-state index contributed by atoms with van der Waals surface area (Å²) in [6.07, 6.45) is 5.26. The predicted octanol–water partition coefficient (Wildman–Crippen LogP) is 2.36. The van der Waals surface area contributed by atoms with Gasteiger partial charge >= 0.3 is 0 Å². The van der Waals surface area contributed by atoms with Crippen LogP contribution in [0.15, 0.2) is 4.52 Å². The lowest BCUT2D eigenvalue weighted by Gasteiger charge is -2.28. The second-order valence-corrected chi connectivity index (χ2v) is 5.84. The molecule has 0 spiro atoms. The molecule has 0 aliphatic heterocycles. The van der Waals surface area contributed by atoms with E-state index in [0.29, 0.717) is 30.3 Å². The molecule has 0 bridgehead atoms. The lowest BCUT2D eigenvalue weighted by molar-refractivity contribution is -0.0252. The van der Waals surface area contributed by atoms with Crippen LogP contribution in [0.1, 0.15) is 58.2 Å². The number of nitrogens with two attached hydrogens (primary N) is 1. The van der Waals surface area contributed by atoms with Gasteiger partial charge < -0.3 is 15.0 Å². The number of hydrogen-bond donors (Lipinski definition) is 1. The predicted molar refractivity (Wildman–Crippen MR) is 67.7 cm³/mol. The molecule has 1 saturated carbocycles. The second-order valence-electron chi connectivity index (χ2n) is 5.84. The van der Waals surface area contributed by atoms with Crippen molar-refractivity contribution in [3.63, 3.8) is 0 Å². The molecule has 2 unspecified atom stereocenters. The summed E-state index contributed by atoms with van der Waals surface area (Å²) >= 11 is 0.